The van der Waals surface area contributed by atoms with Crippen molar-refractivity contribution in [3.05, 3.63) is 0 Å². The number of ether oxygens (including phenoxy) is 2. The molecule has 2 fully saturated rings. The molecule has 1 aliphatic heterocycles. The minimum Gasteiger partial charge on any atom is -0.459 e. The Labute approximate surface area is 140 Å². The first-order chi connectivity index (χ1) is 10.1. The Morgan fingerprint density at radius 1 is 1.14 bits per heavy atom. The molecular weight excluding hydrogens is 302 g/mol. The van der Waals surface area contributed by atoms with Crippen LogP contribution in [0.25, 0.3) is 0 Å². The molecule has 0 spiro atoms. The Bertz CT molecular complexity index is 334. The van der Waals surface area contributed by atoms with E-state index in [4.69, 9.17) is 15.2 Å². The van der Waals surface area contributed by atoms with Gasteiger partial charge in [-0.25, -0.2) is 0 Å². The van der Waals surface area contributed by atoms with Gasteiger partial charge in [0, 0.05) is 7.11 Å². The number of hydrogen-bond donors (Lipinski definition) is 1. The second kappa shape index (κ2) is 9.74. The molecule has 1 saturated carbocycles. The number of halogens is 1. The maximum absolute atomic E-state index is 12.0. The fourth-order valence-electron chi connectivity index (χ4n) is 4.08. The number of esters is 1. The van der Waals surface area contributed by atoms with Gasteiger partial charge >= 0.3 is 5.97 Å². The van der Waals surface area contributed by atoms with Crippen molar-refractivity contribution in [2.75, 3.05) is 7.11 Å². The monoisotopic (exact) mass is 333 g/mol. The summed E-state index contributed by atoms with van der Waals surface area (Å²) in [7, 11) is 1.74. The molecule has 4 atom stereocenters. The van der Waals surface area contributed by atoms with Gasteiger partial charge in [-0.1, -0.05) is 38.5 Å². The number of methoxy groups -OCH3 is 1. The van der Waals surface area contributed by atoms with Crippen molar-refractivity contribution in [2.24, 2.45) is 17.6 Å². The highest BCUT2D eigenvalue weighted by Crippen LogP contribution is 2.35. The van der Waals surface area contributed by atoms with Crippen LogP contribution in [0.3, 0.4) is 0 Å². The van der Waals surface area contributed by atoms with E-state index in [-0.39, 0.29) is 30.6 Å². The largest absolute Gasteiger partial charge is 0.459 e. The van der Waals surface area contributed by atoms with Crippen molar-refractivity contribution in [1.29, 1.82) is 0 Å². The van der Waals surface area contributed by atoms with Crippen LogP contribution in [-0.4, -0.2) is 31.3 Å². The minimum atomic E-state index is -0.476. The van der Waals surface area contributed by atoms with Gasteiger partial charge in [-0.05, 0) is 38.0 Å². The minimum absolute atomic E-state index is 0. The summed E-state index contributed by atoms with van der Waals surface area (Å²) in [6.07, 6.45) is 10.5. The molecule has 22 heavy (non-hydrogen) atoms. The third kappa shape index (κ3) is 5.39. The third-order valence-electron chi connectivity index (χ3n) is 5.26. The number of carbonyl (C=O) groups excluding carboxylic acids is 1. The molecule has 0 aromatic carbocycles. The van der Waals surface area contributed by atoms with Crippen LogP contribution in [0.2, 0.25) is 0 Å². The Morgan fingerprint density at radius 2 is 1.73 bits per heavy atom. The summed E-state index contributed by atoms with van der Waals surface area (Å²) in [5, 5.41) is 0. The Kier molecular flexibility index (Phi) is 8.73. The topological polar surface area (TPSA) is 61.5 Å². The molecule has 2 aliphatic rings. The first kappa shape index (κ1) is 19.7. The normalized spacial score (nSPS) is 34.8. The van der Waals surface area contributed by atoms with Gasteiger partial charge in [0.25, 0.3) is 0 Å². The van der Waals surface area contributed by atoms with E-state index >= 15 is 0 Å². The van der Waals surface area contributed by atoms with Crippen LogP contribution in [0, 0.1) is 11.8 Å². The van der Waals surface area contributed by atoms with Crippen molar-refractivity contribution in [2.45, 2.75) is 83.0 Å². The van der Waals surface area contributed by atoms with Crippen LogP contribution in [0.4, 0.5) is 0 Å². The number of rotatable bonds is 3. The lowest BCUT2D eigenvalue weighted by Crippen LogP contribution is -2.42. The van der Waals surface area contributed by atoms with Crippen molar-refractivity contribution in [1.82, 2.24) is 0 Å². The van der Waals surface area contributed by atoms with E-state index in [9.17, 15) is 4.79 Å². The van der Waals surface area contributed by atoms with Crippen molar-refractivity contribution >= 4 is 18.4 Å². The SMILES string of the molecule is CO[C@@H]1[C@@H](CC2CCCC2)CCCC[C@H](N)C(=O)O[C@H]1C.Cl. The molecule has 0 unspecified atom stereocenters. The van der Waals surface area contributed by atoms with Gasteiger partial charge in [-0.15, -0.1) is 12.4 Å². The van der Waals surface area contributed by atoms with E-state index in [1.807, 2.05) is 6.92 Å². The highest BCUT2D eigenvalue weighted by molar-refractivity contribution is 5.85. The highest BCUT2D eigenvalue weighted by atomic mass is 35.5. The summed E-state index contributed by atoms with van der Waals surface area (Å²) < 4.78 is 11.3. The molecule has 0 aromatic heterocycles. The van der Waals surface area contributed by atoms with Crippen molar-refractivity contribution in [3.8, 4) is 0 Å². The second-order valence-electron chi connectivity index (χ2n) is 6.88. The van der Waals surface area contributed by atoms with Crippen LogP contribution in [0.1, 0.15) is 64.7 Å². The lowest BCUT2D eigenvalue weighted by Gasteiger charge is -2.33. The Balaban J connectivity index is 0.00000242. The number of cyclic esters (lactones) is 1. The van der Waals surface area contributed by atoms with E-state index in [0.29, 0.717) is 5.92 Å². The van der Waals surface area contributed by atoms with Crippen LogP contribution < -0.4 is 5.73 Å². The molecule has 1 heterocycles. The molecule has 0 bridgehead atoms. The molecule has 1 aliphatic carbocycles. The quantitative estimate of drug-likeness (QED) is 0.803. The summed E-state index contributed by atoms with van der Waals surface area (Å²) in [5.41, 5.74) is 5.87. The molecule has 4 nitrogen and oxygen atoms in total. The summed E-state index contributed by atoms with van der Waals surface area (Å²) in [6, 6.07) is -0.476. The Morgan fingerprint density at radius 3 is 2.36 bits per heavy atom. The van der Waals surface area contributed by atoms with Gasteiger partial charge in [0.2, 0.25) is 0 Å². The maximum atomic E-state index is 12.0. The molecule has 130 valence electrons. The van der Waals surface area contributed by atoms with Gasteiger partial charge in [0.05, 0.1) is 6.10 Å². The summed E-state index contributed by atoms with van der Waals surface area (Å²) >= 11 is 0. The number of nitrogens with two attached hydrogens (primary N) is 1. The second-order valence-corrected chi connectivity index (χ2v) is 6.88. The van der Waals surface area contributed by atoms with Crippen LogP contribution in [0.5, 0.6) is 0 Å². The zero-order valence-corrected chi connectivity index (χ0v) is 14.8. The molecule has 1 saturated heterocycles. The highest BCUT2D eigenvalue weighted by Gasteiger charge is 2.33. The molecular formula is C17H32ClNO3. The van der Waals surface area contributed by atoms with Crippen LogP contribution in [0.15, 0.2) is 0 Å². The fraction of sp³-hybridized carbons (Fsp3) is 0.941. The smallest absolute Gasteiger partial charge is 0.323 e. The van der Waals surface area contributed by atoms with Gasteiger partial charge in [-0.3, -0.25) is 4.79 Å². The van der Waals surface area contributed by atoms with Gasteiger partial charge in [-0.2, -0.15) is 0 Å². The number of carbonyl (C=O) groups is 1. The molecule has 0 radical (unpaired) electrons. The van der Waals surface area contributed by atoms with E-state index in [1.165, 1.54) is 32.1 Å². The first-order valence-corrected chi connectivity index (χ1v) is 8.60. The summed E-state index contributed by atoms with van der Waals surface area (Å²) in [5.74, 6) is 1.06. The van der Waals surface area contributed by atoms with Crippen LogP contribution in [-0.2, 0) is 14.3 Å². The van der Waals surface area contributed by atoms with Crippen LogP contribution >= 0.6 is 12.4 Å². The zero-order valence-electron chi connectivity index (χ0n) is 14.0. The molecule has 0 aromatic rings. The lowest BCUT2D eigenvalue weighted by molar-refractivity contribution is -0.160. The Hall–Kier alpha value is -0.320. The predicted octanol–water partition coefficient (Wildman–Crippen LogP) is 3.45. The average molecular weight is 334 g/mol. The molecule has 0 amide bonds. The molecule has 2 rings (SSSR count). The third-order valence-corrected chi connectivity index (χ3v) is 5.26. The predicted molar refractivity (Wildman–Crippen MR) is 90.1 cm³/mol. The van der Waals surface area contributed by atoms with E-state index < -0.39 is 6.04 Å². The first-order valence-electron chi connectivity index (χ1n) is 8.60. The summed E-state index contributed by atoms with van der Waals surface area (Å²) in [4.78, 5) is 12.0. The van der Waals surface area contributed by atoms with Gasteiger partial charge < -0.3 is 15.2 Å². The summed E-state index contributed by atoms with van der Waals surface area (Å²) in [6.45, 7) is 1.95. The van der Waals surface area contributed by atoms with Gasteiger partial charge in [0.15, 0.2) is 0 Å². The maximum Gasteiger partial charge on any atom is 0.323 e. The van der Waals surface area contributed by atoms with E-state index in [0.717, 1.165) is 31.6 Å². The fourth-order valence-corrected chi connectivity index (χ4v) is 4.08. The molecule has 2 N–H and O–H groups in total. The van der Waals surface area contributed by atoms with E-state index in [2.05, 4.69) is 0 Å². The van der Waals surface area contributed by atoms with E-state index in [1.54, 1.807) is 7.11 Å². The average Bonchev–Trinajstić information content (AvgIpc) is 2.95. The zero-order chi connectivity index (χ0) is 15.2. The number of hydrogen-bond acceptors (Lipinski definition) is 4. The van der Waals surface area contributed by atoms with Crippen molar-refractivity contribution < 1.29 is 14.3 Å². The standard InChI is InChI=1S/C17H31NO3.ClH/c1-12-16(20-2)14(11-13-7-3-4-8-13)9-5-6-10-15(18)17(19)21-12;/h12-16H,3-11,18H2,1-2H3;1H/t12-,14+,15-,16-;/m0./s1. The van der Waals surface area contributed by atoms with Crippen molar-refractivity contribution in [3.63, 3.8) is 0 Å². The van der Waals surface area contributed by atoms with Gasteiger partial charge in [0.1, 0.15) is 12.1 Å². The molecule has 5 heteroatoms. The lowest BCUT2D eigenvalue weighted by atomic mass is 9.83.